The fourth-order valence-corrected chi connectivity index (χ4v) is 2.42. The van der Waals surface area contributed by atoms with Crippen molar-refractivity contribution in [2.75, 3.05) is 11.9 Å². The molecule has 3 rings (SSSR count). The van der Waals surface area contributed by atoms with Gasteiger partial charge in [0.05, 0.1) is 29.2 Å². The smallest absolute Gasteiger partial charge is 0.146 e. The van der Waals surface area contributed by atoms with Crippen LogP contribution in [0.15, 0.2) is 54.6 Å². The highest BCUT2D eigenvalue weighted by Gasteiger charge is 2.13. The number of benzene rings is 2. The highest BCUT2D eigenvalue weighted by atomic mass is 19.1. The molecule has 1 N–H and O–H groups in total. The number of aliphatic hydroxyl groups excluding tert-OH is 1. The molecular formula is C17H15FN2O. The lowest BCUT2D eigenvalue weighted by molar-refractivity contribution is 0.277. The van der Waals surface area contributed by atoms with Crippen molar-refractivity contribution >= 4 is 22.3 Å². The van der Waals surface area contributed by atoms with Crippen LogP contribution >= 0.6 is 0 Å². The van der Waals surface area contributed by atoms with Crippen molar-refractivity contribution in [3.63, 3.8) is 0 Å². The monoisotopic (exact) mass is 282 g/mol. The summed E-state index contributed by atoms with van der Waals surface area (Å²) in [5.41, 5.74) is 2.64. The highest BCUT2D eigenvalue weighted by Crippen LogP contribution is 2.32. The summed E-state index contributed by atoms with van der Waals surface area (Å²) in [6.45, 7) is -0.150. The first-order chi connectivity index (χ1) is 10.2. The van der Waals surface area contributed by atoms with Gasteiger partial charge in [-0.05, 0) is 24.3 Å². The maximum absolute atomic E-state index is 14.0. The normalized spacial score (nSPS) is 10.8. The number of pyridine rings is 1. The van der Waals surface area contributed by atoms with Gasteiger partial charge in [-0.1, -0.05) is 30.3 Å². The molecule has 0 radical (unpaired) electrons. The van der Waals surface area contributed by atoms with E-state index in [0.29, 0.717) is 11.4 Å². The third kappa shape index (κ3) is 2.45. The first kappa shape index (κ1) is 13.5. The van der Waals surface area contributed by atoms with Crippen molar-refractivity contribution in [3.8, 4) is 0 Å². The number of hydrogen-bond donors (Lipinski definition) is 1. The minimum atomic E-state index is -0.286. The standard InChI is InChI=1S/C17H15FN2O/c1-20(16-9-5-3-7-14(16)18)17-10-12(11-21)19-15-8-4-2-6-13(15)17/h2-10,21H,11H2,1H3. The molecule has 0 aliphatic heterocycles. The summed E-state index contributed by atoms with van der Waals surface area (Å²) in [5, 5.41) is 10.3. The second-order valence-electron chi connectivity index (χ2n) is 4.82. The Morgan fingerprint density at radius 1 is 1.05 bits per heavy atom. The van der Waals surface area contributed by atoms with Crippen molar-refractivity contribution in [3.05, 3.63) is 66.1 Å². The molecule has 0 spiro atoms. The summed E-state index contributed by atoms with van der Waals surface area (Å²) in [6, 6.07) is 16.0. The first-order valence-corrected chi connectivity index (χ1v) is 6.68. The topological polar surface area (TPSA) is 36.4 Å². The summed E-state index contributed by atoms with van der Waals surface area (Å²) in [6.07, 6.45) is 0. The number of aromatic nitrogens is 1. The molecule has 0 fully saturated rings. The minimum absolute atomic E-state index is 0.150. The van der Waals surface area contributed by atoms with Gasteiger partial charge < -0.3 is 10.0 Å². The first-order valence-electron chi connectivity index (χ1n) is 6.68. The molecule has 1 heterocycles. The number of fused-ring (bicyclic) bond motifs is 1. The Kier molecular flexibility index (Phi) is 3.54. The van der Waals surface area contributed by atoms with E-state index in [0.717, 1.165) is 16.6 Å². The van der Waals surface area contributed by atoms with E-state index >= 15 is 0 Å². The second kappa shape index (κ2) is 5.50. The van der Waals surface area contributed by atoms with E-state index < -0.39 is 0 Å². The van der Waals surface area contributed by atoms with Crippen molar-refractivity contribution in [2.45, 2.75) is 6.61 Å². The van der Waals surface area contributed by atoms with Gasteiger partial charge in [-0.25, -0.2) is 4.39 Å². The van der Waals surface area contributed by atoms with Crippen LogP contribution in [0.4, 0.5) is 15.8 Å². The van der Waals surface area contributed by atoms with Crippen molar-refractivity contribution < 1.29 is 9.50 Å². The Labute approximate surface area is 122 Å². The molecular weight excluding hydrogens is 267 g/mol. The van der Waals surface area contributed by atoms with Gasteiger partial charge in [-0.2, -0.15) is 0 Å². The number of aliphatic hydroxyl groups is 1. The SMILES string of the molecule is CN(c1ccccc1F)c1cc(CO)nc2ccccc12. The number of anilines is 2. The molecule has 0 aliphatic carbocycles. The Bertz CT molecular complexity index is 789. The molecule has 1 aromatic heterocycles. The van der Waals surface area contributed by atoms with Gasteiger partial charge in [0.25, 0.3) is 0 Å². The lowest BCUT2D eigenvalue weighted by Gasteiger charge is -2.22. The molecule has 0 saturated carbocycles. The van der Waals surface area contributed by atoms with Gasteiger partial charge in [0.15, 0.2) is 0 Å². The van der Waals surface area contributed by atoms with E-state index in [9.17, 15) is 9.50 Å². The van der Waals surface area contributed by atoms with Crippen LogP contribution in [0.3, 0.4) is 0 Å². The predicted octanol–water partition coefficient (Wildman–Crippen LogP) is 3.63. The zero-order valence-corrected chi connectivity index (χ0v) is 11.6. The van der Waals surface area contributed by atoms with Gasteiger partial charge in [-0.3, -0.25) is 4.98 Å². The molecule has 4 heteroatoms. The van der Waals surface area contributed by atoms with Crippen molar-refractivity contribution in [1.29, 1.82) is 0 Å². The molecule has 0 amide bonds. The molecule has 106 valence electrons. The minimum Gasteiger partial charge on any atom is -0.390 e. The Morgan fingerprint density at radius 3 is 2.52 bits per heavy atom. The predicted molar refractivity (Wildman–Crippen MR) is 82.1 cm³/mol. The van der Waals surface area contributed by atoms with Crippen LogP contribution in [0.2, 0.25) is 0 Å². The molecule has 0 atom stereocenters. The average Bonchev–Trinajstić information content (AvgIpc) is 2.53. The summed E-state index contributed by atoms with van der Waals surface area (Å²) in [7, 11) is 1.81. The van der Waals surface area contributed by atoms with Crippen molar-refractivity contribution in [2.24, 2.45) is 0 Å². The number of para-hydroxylation sites is 2. The molecule has 0 aliphatic rings. The zero-order valence-electron chi connectivity index (χ0n) is 11.6. The van der Waals surface area contributed by atoms with Gasteiger partial charge in [0.1, 0.15) is 5.82 Å². The van der Waals surface area contributed by atoms with Crippen LogP contribution in [-0.4, -0.2) is 17.1 Å². The van der Waals surface area contributed by atoms with Gasteiger partial charge in [-0.15, -0.1) is 0 Å². The number of rotatable bonds is 3. The van der Waals surface area contributed by atoms with Crippen LogP contribution < -0.4 is 4.90 Å². The lowest BCUT2D eigenvalue weighted by atomic mass is 10.1. The molecule has 3 nitrogen and oxygen atoms in total. The van der Waals surface area contributed by atoms with Gasteiger partial charge >= 0.3 is 0 Å². The van der Waals surface area contributed by atoms with Crippen molar-refractivity contribution in [1.82, 2.24) is 4.98 Å². The highest BCUT2D eigenvalue weighted by molar-refractivity contribution is 5.93. The molecule has 0 bridgehead atoms. The molecule has 0 unspecified atom stereocenters. The summed E-state index contributed by atoms with van der Waals surface area (Å²) in [4.78, 5) is 6.16. The zero-order chi connectivity index (χ0) is 14.8. The fraction of sp³-hybridized carbons (Fsp3) is 0.118. The average molecular weight is 282 g/mol. The largest absolute Gasteiger partial charge is 0.390 e. The second-order valence-corrected chi connectivity index (χ2v) is 4.82. The van der Waals surface area contributed by atoms with Crippen LogP contribution in [0, 0.1) is 5.82 Å². The van der Waals surface area contributed by atoms with Gasteiger partial charge in [0.2, 0.25) is 0 Å². The van der Waals surface area contributed by atoms with Crippen LogP contribution in [0.25, 0.3) is 10.9 Å². The molecule has 3 aromatic rings. The maximum atomic E-state index is 14.0. The fourth-order valence-electron chi connectivity index (χ4n) is 2.42. The van der Waals surface area contributed by atoms with E-state index in [1.807, 2.05) is 24.3 Å². The van der Waals surface area contributed by atoms with E-state index in [1.54, 1.807) is 36.2 Å². The quantitative estimate of drug-likeness (QED) is 0.797. The third-order valence-corrected chi connectivity index (χ3v) is 3.48. The Balaban J connectivity index is 2.21. The Morgan fingerprint density at radius 2 is 1.76 bits per heavy atom. The molecule has 21 heavy (non-hydrogen) atoms. The van der Waals surface area contributed by atoms with Crippen LogP contribution in [0.5, 0.6) is 0 Å². The summed E-state index contributed by atoms with van der Waals surface area (Å²) in [5.74, 6) is -0.286. The van der Waals surface area contributed by atoms with Crippen LogP contribution in [-0.2, 0) is 6.61 Å². The number of halogens is 1. The Hall–Kier alpha value is -2.46. The van der Waals surface area contributed by atoms with E-state index in [-0.39, 0.29) is 12.4 Å². The van der Waals surface area contributed by atoms with E-state index in [2.05, 4.69) is 4.98 Å². The number of nitrogens with zero attached hydrogens (tertiary/aromatic N) is 2. The summed E-state index contributed by atoms with van der Waals surface area (Å²) >= 11 is 0. The maximum Gasteiger partial charge on any atom is 0.146 e. The molecule has 0 saturated heterocycles. The summed E-state index contributed by atoms with van der Waals surface area (Å²) < 4.78 is 14.0. The third-order valence-electron chi connectivity index (χ3n) is 3.48. The van der Waals surface area contributed by atoms with Gasteiger partial charge in [0, 0.05) is 12.4 Å². The lowest BCUT2D eigenvalue weighted by Crippen LogP contribution is -2.12. The van der Waals surface area contributed by atoms with E-state index in [1.165, 1.54) is 6.07 Å². The van der Waals surface area contributed by atoms with Crippen LogP contribution in [0.1, 0.15) is 5.69 Å². The number of hydrogen-bond acceptors (Lipinski definition) is 3. The van der Waals surface area contributed by atoms with E-state index in [4.69, 9.17) is 0 Å². The molecule has 2 aromatic carbocycles.